The summed E-state index contributed by atoms with van der Waals surface area (Å²) in [5, 5.41) is 5.64. The summed E-state index contributed by atoms with van der Waals surface area (Å²) < 4.78 is 0. The maximum absolute atomic E-state index is 13.2. The van der Waals surface area contributed by atoms with Crippen molar-refractivity contribution >= 4 is 22.4 Å². The Morgan fingerprint density at radius 3 is 2.17 bits per heavy atom. The lowest BCUT2D eigenvalue weighted by atomic mass is 9.49. The predicted octanol–water partition coefficient (Wildman–Crippen LogP) is 4.99. The van der Waals surface area contributed by atoms with E-state index in [4.69, 9.17) is 0 Å². The number of benzene rings is 2. The normalized spacial score (nSPS) is 34.7. The molecule has 4 bridgehead atoms. The van der Waals surface area contributed by atoms with Crippen LogP contribution in [0, 0.1) is 23.2 Å². The van der Waals surface area contributed by atoms with Gasteiger partial charge in [0.2, 0.25) is 5.91 Å². The molecule has 0 aliphatic heterocycles. The fraction of sp³-hybridized carbons (Fsp3) is 0.476. The Kier molecular flexibility index (Phi) is 2.86. The Labute approximate surface area is 137 Å². The zero-order valence-electron chi connectivity index (χ0n) is 13.4. The van der Waals surface area contributed by atoms with Crippen LogP contribution in [0.5, 0.6) is 0 Å². The molecule has 0 atom stereocenters. The number of rotatable bonds is 2. The van der Waals surface area contributed by atoms with Crippen LogP contribution in [0.25, 0.3) is 10.8 Å². The number of amides is 1. The SMILES string of the molecule is O=C(Nc1cccc2ccccc12)C12CC3CC(CC(C3)C1)C2. The highest BCUT2D eigenvalue weighted by Gasteiger charge is 2.54. The van der Waals surface area contributed by atoms with E-state index in [2.05, 4.69) is 23.5 Å². The molecule has 0 aromatic heterocycles. The van der Waals surface area contributed by atoms with Gasteiger partial charge in [-0.3, -0.25) is 4.79 Å². The summed E-state index contributed by atoms with van der Waals surface area (Å²) in [6, 6.07) is 14.5. The second-order valence-electron chi connectivity index (χ2n) is 8.18. The Morgan fingerprint density at radius 2 is 1.48 bits per heavy atom. The largest absolute Gasteiger partial charge is 0.325 e. The van der Waals surface area contributed by atoms with Crippen molar-refractivity contribution in [3.05, 3.63) is 42.5 Å². The molecule has 4 saturated carbocycles. The molecule has 2 aromatic rings. The van der Waals surface area contributed by atoms with Crippen LogP contribution in [0.4, 0.5) is 5.69 Å². The molecule has 4 aliphatic rings. The Hall–Kier alpha value is -1.83. The second-order valence-corrected chi connectivity index (χ2v) is 8.18. The van der Waals surface area contributed by atoms with E-state index in [0.29, 0.717) is 0 Å². The van der Waals surface area contributed by atoms with Gasteiger partial charge in [-0.25, -0.2) is 0 Å². The van der Waals surface area contributed by atoms with Gasteiger partial charge in [0.15, 0.2) is 0 Å². The summed E-state index contributed by atoms with van der Waals surface area (Å²) in [4.78, 5) is 13.2. The van der Waals surface area contributed by atoms with Crippen LogP contribution in [0.3, 0.4) is 0 Å². The van der Waals surface area contributed by atoms with Crippen molar-refractivity contribution in [2.75, 3.05) is 5.32 Å². The van der Waals surface area contributed by atoms with Gasteiger partial charge in [0, 0.05) is 11.1 Å². The fourth-order valence-corrected chi connectivity index (χ4v) is 5.98. The molecular weight excluding hydrogens is 282 g/mol. The van der Waals surface area contributed by atoms with E-state index in [9.17, 15) is 4.79 Å². The zero-order valence-corrected chi connectivity index (χ0v) is 13.4. The van der Waals surface area contributed by atoms with Crippen molar-refractivity contribution in [3.8, 4) is 0 Å². The van der Waals surface area contributed by atoms with Gasteiger partial charge in [-0.2, -0.15) is 0 Å². The van der Waals surface area contributed by atoms with Crippen molar-refractivity contribution in [1.29, 1.82) is 0 Å². The number of hydrogen-bond donors (Lipinski definition) is 1. The van der Waals surface area contributed by atoms with Gasteiger partial charge in [-0.05, 0) is 67.7 Å². The van der Waals surface area contributed by atoms with E-state index in [0.717, 1.165) is 48.1 Å². The standard InChI is InChI=1S/C21H23NO/c23-20(21-11-14-8-15(12-21)10-16(9-14)13-21)22-19-7-3-5-17-4-1-2-6-18(17)19/h1-7,14-16H,8-13H2,(H,22,23). The monoisotopic (exact) mass is 305 g/mol. The quantitative estimate of drug-likeness (QED) is 0.831. The minimum absolute atomic E-state index is 0.0777. The maximum Gasteiger partial charge on any atom is 0.230 e. The maximum atomic E-state index is 13.2. The Morgan fingerprint density at radius 1 is 0.870 bits per heavy atom. The summed E-state index contributed by atoms with van der Waals surface area (Å²) in [6.45, 7) is 0. The average molecular weight is 305 g/mol. The Balaban J connectivity index is 1.47. The van der Waals surface area contributed by atoms with Crippen molar-refractivity contribution in [2.24, 2.45) is 23.2 Å². The minimum atomic E-state index is -0.0777. The predicted molar refractivity (Wildman–Crippen MR) is 93.2 cm³/mol. The molecule has 0 heterocycles. The third-order valence-electron chi connectivity index (χ3n) is 6.56. The second kappa shape index (κ2) is 4.83. The van der Waals surface area contributed by atoms with E-state index in [1.807, 2.05) is 24.3 Å². The van der Waals surface area contributed by atoms with E-state index in [1.165, 1.54) is 24.6 Å². The molecule has 1 N–H and O–H groups in total. The van der Waals surface area contributed by atoms with Crippen LogP contribution in [0.2, 0.25) is 0 Å². The molecule has 2 aromatic carbocycles. The highest BCUT2D eigenvalue weighted by Crippen LogP contribution is 2.60. The molecule has 2 nitrogen and oxygen atoms in total. The molecule has 0 saturated heterocycles. The molecule has 6 rings (SSSR count). The topological polar surface area (TPSA) is 29.1 Å². The van der Waals surface area contributed by atoms with Crippen LogP contribution in [0.1, 0.15) is 38.5 Å². The van der Waals surface area contributed by atoms with Crippen molar-refractivity contribution in [1.82, 2.24) is 0 Å². The molecule has 0 spiro atoms. The Bertz CT molecular complexity index is 738. The number of nitrogens with one attached hydrogen (secondary N) is 1. The van der Waals surface area contributed by atoms with Gasteiger partial charge in [0.1, 0.15) is 0 Å². The molecule has 4 aliphatic carbocycles. The average Bonchev–Trinajstić information content (AvgIpc) is 2.54. The summed E-state index contributed by atoms with van der Waals surface area (Å²) in [6.07, 6.45) is 7.49. The van der Waals surface area contributed by atoms with Gasteiger partial charge in [-0.1, -0.05) is 36.4 Å². The van der Waals surface area contributed by atoms with Crippen LogP contribution in [-0.4, -0.2) is 5.91 Å². The first-order chi connectivity index (χ1) is 11.2. The van der Waals surface area contributed by atoms with Gasteiger partial charge in [-0.15, -0.1) is 0 Å². The minimum Gasteiger partial charge on any atom is -0.325 e. The lowest BCUT2D eigenvalue weighted by Gasteiger charge is -2.55. The first kappa shape index (κ1) is 13.6. The lowest BCUT2D eigenvalue weighted by Crippen LogP contribution is -2.51. The highest BCUT2D eigenvalue weighted by molar-refractivity contribution is 6.04. The summed E-state index contributed by atoms with van der Waals surface area (Å²) in [5.74, 6) is 2.70. The number of fused-ring (bicyclic) bond motifs is 1. The number of carbonyl (C=O) groups is 1. The highest BCUT2D eigenvalue weighted by atomic mass is 16.2. The smallest absolute Gasteiger partial charge is 0.230 e. The third-order valence-corrected chi connectivity index (χ3v) is 6.56. The van der Waals surface area contributed by atoms with E-state index in [1.54, 1.807) is 0 Å². The fourth-order valence-electron chi connectivity index (χ4n) is 5.98. The van der Waals surface area contributed by atoms with Crippen LogP contribution >= 0.6 is 0 Å². The zero-order chi connectivity index (χ0) is 15.4. The molecule has 23 heavy (non-hydrogen) atoms. The number of carbonyl (C=O) groups excluding carboxylic acids is 1. The van der Waals surface area contributed by atoms with Gasteiger partial charge in [0.25, 0.3) is 0 Å². The summed E-state index contributed by atoms with van der Waals surface area (Å²) in [7, 11) is 0. The molecule has 1 amide bonds. The molecule has 0 unspecified atom stereocenters. The lowest BCUT2D eigenvalue weighted by molar-refractivity contribution is -0.140. The van der Waals surface area contributed by atoms with Crippen LogP contribution < -0.4 is 5.32 Å². The molecule has 118 valence electrons. The number of hydrogen-bond acceptors (Lipinski definition) is 1. The van der Waals surface area contributed by atoms with Crippen molar-refractivity contribution < 1.29 is 4.79 Å². The summed E-state index contributed by atoms with van der Waals surface area (Å²) >= 11 is 0. The van der Waals surface area contributed by atoms with Crippen molar-refractivity contribution in [3.63, 3.8) is 0 Å². The van der Waals surface area contributed by atoms with E-state index < -0.39 is 0 Å². The van der Waals surface area contributed by atoms with Gasteiger partial charge in [0.05, 0.1) is 5.41 Å². The molecule has 4 fully saturated rings. The van der Waals surface area contributed by atoms with E-state index in [-0.39, 0.29) is 11.3 Å². The first-order valence-corrected chi connectivity index (χ1v) is 9.01. The first-order valence-electron chi connectivity index (χ1n) is 9.01. The number of anilines is 1. The molecular formula is C21H23NO. The molecule has 2 heteroatoms. The molecule has 0 radical (unpaired) electrons. The van der Waals surface area contributed by atoms with Crippen molar-refractivity contribution in [2.45, 2.75) is 38.5 Å². The van der Waals surface area contributed by atoms with E-state index >= 15 is 0 Å². The third kappa shape index (κ3) is 2.11. The summed E-state index contributed by atoms with van der Waals surface area (Å²) in [5.41, 5.74) is 0.898. The van der Waals surface area contributed by atoms with Gasteiger partial charge < -0.3 is 5.32 Å². The van der Waals surface area contributed by atoms with Crippen LogP contribution in [0.15, 0.2) is 42.5 Å². The van der Waals surface area contributed by atoms with Crippen LogP contribution in [-0.2, 0) is 4.79 Å². The van der Waals surface area contributed by atoms with Gasteiger partial charge >= 0.3 is 0 Å².